The van der Waals surface area contributed by atoms with Crippen LogP contribution in [0.5, 0.6) is 0 Å². The van der Waals surface area contributed by atoms with Gasteiger partial charge in [0.05, 0.1) is 19.3 Å². The molecule has 4 rings (SSSR count). The van der Waals surface area contributed by atoms with Gasteiger partial charge in [0.2, 0.25) is 0 Å². The maximum atomic E-state index is 12.9. The molecule has 27 heavy (non-hydrogen) atoms. The SMILES string of the molecule is CCn1cc(C(=O)OC2CCOC(C3CCOC3)C2)c(-c2ccccc2)n1. The van der Waals surface area contributed by atoms with Crippen LogP contribution in [0.25, 0.3) is 11.3 Å². The zero-order valence-corrected chi connectivity index (χ0v) is 15.7. The summed E-state index contributed by atoms with van der Waals surface area (Å²) in [5.41, 5.74) is 2.12. The number of hydrogen-bond acceptors (Lipinski definition) is 5. The smallest absolute Gasteiger partial charge is 0.342 e. The summed E-state index contributed by atoms with van der Waals surface area (Å²) >= 11 is 0. The fourth-order valence-corrected chi connectivity index (χ4v) is 3.83. The second-order valence-electron chi connectivity index (χ2n) is 7.20. The second-order valence-corrected chi connectivity index (χ2v) is 7.20. The van der Waals surface area contributed by atoms with Crippen LogP contribution < -0.4 is 0 Å². The number of carbonyl (C=O) groups excluding carboxylic acids is 1. The largest absolute Gasteiger partial charge is 0.458 e. The quantitative estimate of drug-likeness (QED) is 0.756. The minimum absolute atomic E-state index is 0.117. The Labute approximate surface area is 159 Å². The van der Waals surface area contributed by atoms with E-state index in [0.29, 0.717) is 30.3 Å². The van der Waals surface area contributed by atoms with Crippen LogP contribution in [0.1, 0.15) is 36.5 Å². The van der Waals surface area contributed by atoms with Crippen molar-refractivity contribution in [2.75, 3.05) is 19.8 Å². The number of nitrogens with zero attached hydrogens (tertiary/aromatic N) is 2. The molecule has 3 atom stereocenters. The summed E-state index contributed by atoms with van der Waals surface area (Å²) in [4.78, 5) is 12.9. The van der Waals surface area contributed by atoms with E-state index >= 15 is 0 Å². The predicted octanol–water partition coefficient (Wildman–Crippen LogP) is 3.31. The Morgan fingerprint density at radius 1 is 1.26 bits per heavy atom. The van der Waals surface area contributed by atoms with Crippen LogP contribution in [-0.4, -0.2) is 47.8 Å². The molecule has 144 valence electrons. The molecular weight excluding hydrogens is 344 g/mol. The standard InChI is InChI=1S/C21H26N2O4/c1-2-23-13-18(20(22-23)15-6-4-3-5-7-15)21(24)27-17-9-11-26-19(12-17)16-8-10-25-14-16/h3-7,13,16-17,19H,2,8-12,14H2,1H3. The number of esters is 1. The molecule has 0 saturated carbocycles. The van der Waals surface area contributed by atoms with Gasteiger partial charge in [0, 0.05) is 43.7 Å². The molecule has 1 aromatic carbocycles. The first kappa shape index (κ1) is 18.2. The van der Waals surface area contributed by atoms with Crippen LogP contribution in [0, 0.1) is 5.92 Å². The summed E-state index contributed by atoms with van der Waals surface area (Å²) in [6, 6.07) is 9.77. The number of rotatable bonds is 5. The van der Waals surface area contributed by atoms with Gasteiger partial charge in [-0.25, -0.2) is 4.79 Å². The molecule has 0 spiro atoms. The molecule has 6 heteroatoms. The van der Waals surface area contributed by atoms with E-state index in [-0.39, 0.29) is 18.2 Å². The Morgan fingerprint density at radius 3 is 2.85 bits per heavy atom. The molecule has 3 heterocycles. The summed E-state index contributed by atoms with van der Waals surface area (Å²) in [6.45, 7) is 4.87. The van der Waals surface area contributed by atoms with Crippen molar-refractivity contribution in [2.24, 2.45) is 5.92 Å². The molecule has 0 radical (unpaired) electrons. The van der Waals surface area contributed by atoms with E-state index < -0.39 is 0 Å². The molecule has 0 aliphatic carbocycles. The van der Waals surface area contributed by atoms with E-state index in [1.165, 1.54) is 0 Å². The molecule has 6 nitrogen and oxygen atoms in total. The first-order valence-corrected chi connectivity index (χ1v) is 9.77. The Kier molecular flexibility index (Phi) is 5.55. The lowest BCUT2D eigenvalue weighted by Crippen LogP contribution is -2.37. The van der Waals surface area contributed by atoms with Crippen molar-refractivity contribution in [3.63, 3.8) is 0 Å². The van der Waals surface area contributed by atoms with E-state index in [4.69, 9.17) is 14.2 Å². The second kappa shape index (κ2) is 8.23. The molecule has 0 amide bonds. The number of aryl methyl sites for hydroxylation is 1. The van der Waals surface area contributed by atoms with Crippen LogP contribution in [0.2, 0.25) is 0 Å². The number of aromatic nitrogens is 2. The summed E-state index contributed by atoms with van der Waals surface area (Å²) in [5, 5.41) is 4.57. The van der Waals surface area contributed by atoms with Crippen molar-refractivity contribution >= 4 is 5.97 Å². The topological polar surface area (TPSA) is 62.6 Å². The Hall–Kier alpha value is -2.18. The van der Waals surface area contributed by atoms with E-state index in [0.717, 1.165) is 38.0 Å². The van der Waals surface area contributed by atoms with E-state index in [2.05, 4.69) is 5.10 Å². The van der Waals surface area contributed by atoms with Gasteiger partial charge in [-0.05, 0) is 13.3 Å². The number of carbonyl (C=O) groups is 1. The third-order valence-corrected chi connectivity index (χ3v) is 5.38. The fraction of sp³-hybridized carbons (Fsp3) is 0.524. The van der Waals surface area contributed by atoms with Crippen molar-refractivity contribution in [3.8, 4) is 11.3 Å². The van der Waals surface area contributed by atoms with Gasteiger partial charge in [-0.15, -0.1) is 0 Å². The van der Waals surface area contributed by atoms with Gasteiger partial charge in [0.15, 0.2) is 0 Å². The first-order chi connectivity index (χ1) is 13.2. The zero-order chi connectivity index (χ0) is 18.6. The Morgan fingerprint density at radius 2 is 2.11 bits per heavy atom. The molecule has 2 aliphatic heterocycles. The molecular formula is C21H26N2O4. The van der Waals surface area contributed by atoms with Gasteiger partial charge < -0.3 is 14.2 Å². The summed E-state index contributed by atoms with van der Waals surface area (Å²) in [6.07, 6.45) is 4.27. The molecule has 3 unspecified atom stereocenters. The van der Waals surface area contributed by atoms with Crippen LogP contribution in [-0.2, 0) is 20.8 Å². The average Bonchev–Trinajstić information content (AvgIpc) is 3.39. The van der Waals surface area contributed by atoms with Gasteiger partial charge in [0.25, 0.3) is 0 Å². The molecule has 2 saturated heterocycles. The molecule has 0 bridgehead atoms. The minimum Gasteiger partial charge on any atom is -0.458 e. The Bertz CT molecular complexity index is 768. The lowest BCUT2D eigenvalue weighted by atomic mass is 9.93. The lowest BCUT2D eigenvalue weighted by molar-refractivity contribution is -0.0767. The average molecular weight is 370 g/mol. The number of hydrogen-bond donors (Lipinski definition) is 0. The van der Waals surface area contributed by atoms with Crippen LogP contribution in [0.15, 0.2) is 36.5 Å². The predicted molar refractivity (Wildman–Crippen MR) is 100 cm³/mol. The van der Waals surface area contributed by atoms with Crippen molar-refractivity contribution in [1.82, 2.24) is 9.78 Å². The monoisotopic (exact) mass is 370 g/mol. The van der Waals surface area contributed by atoms with E-state index in [9.17, 15) is 4.79 Å². The fourth-order valence-electron chi connectivity index (χ4n) is 3.83. The maximum absolute atomic E-state index is 12.9. The van der Waals surface area contributed by atoms with Gasteiger partial charge in [0.1, 0.15) is 17.4 Å². The van der Waals surface area contributed by atoms with Gasteiger partial charge in [-0.3, -0.25) is 4.68 Å². The third-order valence-electron chi connectivity index (χ3n) is 5.38. The zero-order valence-electron chi connectivity index (χ0n) is 15.7. The normalized spacial score (nSPS) is 25.4. The van der Waals surface area contributed by atoms with Crippen molar-refractivity contribution in [1.29, 1.82) is 0 Å². The van der Waals surface area contributed by atoms with Gasteiger partial charge in [-0.1, -0.05) is 30.3 Å². The van der Waals surface area contributed by atoms with Crippen LogP contribution in [0.3, 0.4) is 0 Å². The van der Waals surface area contributed by atoms with Gasteiger partial charge in [-0.2, -0.15) is 5.10 Å². The highest BCUT2D eigenvalue weighted by Gasteiger charge is 2.34. The van der Waals surface area contributed by atoms with E-state index in [1.807, 2.05) is 37.3 Å². The van der Waals surface area contributed by atoms with E-state index in [1.54, 1.807) is 10.9 Å². The molecule has 0 N–H and O–H groups in total. The first-order valence-electron chi connectivity index (χ1n) is 9.77. The van der Waals surface area contributed by atoms with Crippen molar-refractivity contribution < 1.29 is 19.0 Å². The molecule has 2 fully saturated rings. The lowest BCUT2D eigenvalue weighted by Gasteiger charge is -2.32. The van der Waals surface area contributed by atoms with Gasteiger partial charge >= 0.3 is 5.97 Å². The highest BCUT2D eigenvalue weighted by atomic mass is 16.6. The molecule has 2 aliphatic rings. The number of benzene rings is 1. The highest BCUT2D eigenvalue weighted by molar-refractivity contribution is 5.96. The summed E-state index contributed by atoms with van der Waals surface area (Å²) in [5.74, 6) is 0.107. The van der Waals surface area contributed by atoms with Crippen LogP contribution in [0.4, 0.5) is 0 Å². The van der Waals surface area contributed by atoms with Crippen LogP contribution >= 0.6 is 0 Å². The maximum Gasteiger partial charge on any atom is 0.342 e. The Balaban J connectivity index is 1.48. The highest BCUT2D eigenvalue weighted by Crippen LogP contribution is 2.29. The summed E-state index contributed by atoms with van der Waals surface area (Å²) < 4.78 is 19.0. The van der Waals surface area contributed by atoms with Crippen molar-refractivity contribution in [3.05, 3.63) is 42.1 Å². The summed E-state index contributed by atoms with van der Waals surface area (Å²) in [7, 11) is 0. The molecule has 1 aromatic heterocycles. The third kappa shape index (κ3) is 4.06. The number of ether oxygens (including phenoxy) is 3. The minimum atomic E-state index is -0.304. The molecule has 2 aromatic rings. The van der Waals surface area contributed by atoms with Crippen molar-refractivity contribution in [2.45, 2.75) is 44.9 Å².